The maximum Gasteiger partial charge on any atom is 0.223 e. The SMILES string of the molecule is O=C(NCCCNc1ccnc2cc(Cl)ccc12)C1CC1. The van der Waals surface area contributed by atoms with Crippen LogP contribution in [0.1, 0.15) is 19.3 Å². The zero-order chi connectivity index (χ0) is 14.7. The third kappa shape index (κ3) is 3.64. The Morgan fingerprint density at radius 3 is 2.95 bits per heavy atom. The van der Waals surface area contributed by atoms with Gasteiger partial charge in [-0.15, -0.1) is 0 Å². The van der Waals surface area contributed by atoms with E-state index in [4.69, 9.17) is 11.6 Å². The molecule has 2 N–H and O–H groups in total. The first-order valence-electron chi connectivity index (χ1n) is 7.30. The van der Waals surface area contributed by atoms with E-state index in [1.54, 1.807) is 6.20 Å². The second-order valence-electron chi connectivity index (χ2n) is 5.37. The summed E-state index contributed by atoms with van der Waals surface area (Å²) >= 11 is 5.98. The van der Waals surface area contributed by atoms with Crippen LogP contribution in [0.25, 0.3) is 10.9 Å². The van der Waals surface area contributed by atoms with E-state index in [0.717, 1.165) is 48.9 Å². The van der Waals surface area contributed by atoms with Crippen molar-refractivity contribution in [2.75, 3.05) is 18.4 Å². The molecular weight excluding hydrogens is 286 g/mol. The lowest BCUT2D eigenvalue weighted by molar-refractivity contribution is -0.122. The topological polar surface area (TPSA) is 54.0 Å². The molecule has 1 aliphatic carbocycles. The Bertz CT molecular complexity index is 655. The highest BCUT2D eigenvalue weighted by Gasteiger charge is 2.28. The van der Waals surface area contributed by atoms with Crippen molar-refractivity contribution >= 4 is 34.1 Å². The quantitative estimate of drug-likeness (QED) is 0.806. The molecule has 1 fully saturated rings. The van der Waals surface area contributed by atoms with E-state index in [0.29, 0.717) is 5.02 Å². The molecule has 1 aliphatic rings. The molecule has 0 aliphatic heterocycles. The van der Waals surface area contributed by atoms with Crippen molar-refractivity contribution in [2.24, 2.45) is 5.92 Å². The first-order chi connectivity index (χ1) is 10.2. The Labute approximate surface area is 128 Å². The van der Waals surface area contributed by atoms with Crippen LogP contribution in [0.2, 0.25) is 5.02 Å². The number of anilines is 1. The Kier molecular flexibility index (Phi) is 4.25. The molecule has 0 unspecified atom stereocenters. The van der Waals surface area contributed by atoms with Gasteiger partial charge >= 0.3 is 0 Å². The number of nitrogens with zero attached hydrogens (tertiary/aromatic N) is 1. The van der Waals surface area contributed by atoms with Crippen LogP contribution in [0.4, 0.5) is 5.69 Å². The largest absolute Gasteiger partial charge is 0.384 e. The van der Waals surface area contributed by atoms with Crippen LogP contribution in [0.3, 0.4) is 0 Å². The molecule has 5 heteroatoms. The summed E-state index contributed by atoms with van der Waals surface area (Å²) in [5.74, 6) is 0.492. The summed E-state index contributed by atoms with van der Waals surface area (Å²) in [7, 11) is 0. The van der Waals surface area contributed by atoms with Gasteiger partial charge < -0.3 is 10.6 Å². The Balaban J connectivity index is 1.52. The number of benzene rings is 1. The van der Waals surface area contributed by atoms with Crippen LogP contribution < -0.4 is 10.6 Å². The number of amides is 1. The number of halogens is 1. The molecule has 4 nitrogen and oxygen atoms in total. The lowest BCUT2D eigenvalue weighted by Gasteiger charge is -2.10. The molecule has 1 amide bonds. The Morgan fingerprint density at radius 1 is 1.29 bits per heavy atom. The van der Waals surface area contributed by atoms with Gasteiger partial charge in [0.05, 0.1) is 5.52 Å². The van der Waals surface area contributed by atoms with E-state index in [9.17, 15) is 4.79 Å². The fraction of sp³-hybridized carbons (Fsp3) is 0.375. The summed E-state index contributed by atoms with van der Waals surface area (Å²) in [5, 5.41) is 8.11. The maximum atomic E-state index is 11.5. The predicted octanol–water partition coefficient (Wildman–Crippen LogP) is 3.22. The average molecular weight is 304 g/mol. The highest BCUT2D eigenvalue weighted by Crippen LogP contribution is 2.28. The zero-order valence-electron chi connectivity index (χ0n) is 11.7. The lowest BCUT2D eigenvalue weighted by Crippen LogP contribution is -2.27. The molecular formula is C16H18ClN3O. The average Bonchev–Trinajstić information content (AvgIpc) is 3.31. The summed E-state index contributed by atoms with van der Waals surface area (Å²) in [5.41, 5.74) is 1.93. The minimum Gasteiger partial charge on any atom is -0.384 e. The van der Waals surface area contributed by atoms with Gasteiger partial charge in [0.2, 0.25) is 5.91 Å². The van der Waals surface area contributed by atoms with Gasteiger partial charge in [-0.3, -0.25) is 9.78 Å². The van der Waals surface area contributed by atoms with Crippen molar-refractivity contribution in [2.45, 2.75) is 19.3 Å². The fourth-order valence-corrected chi connectivity index (χ4v) is 2.45. The minimum absolute atomic E-state index is 0.207. The summed E-state index contributed by atoms with van der Waals surface area (Å²) in [6.45, 7) is 1.53. The van der Waals surface area contributed by atoms with Gasteiger partial charge in [-0.25, -0.2) is 0 Å². The molecule has 0 radical (unpaired) electrons. The Morgan fingerprint density at radius 2 is 2.14 bits per heavy atom. The molecule has 1 aromatic carbocycles. The van der Waals surface area contributed by atoms with E-state index in [1.165, 1.54) is 0 Å². The predicted molar refractivity (Wildman–Crippen MR) is 85.6 cm³/mol. The van der Waals surface area contributed by atoms with Gasteiger partial charge in [-0.2, -0.15) is 0 Å². The normalized spacial score (nSPS) is 14.1. The van der Waals surface area contributed by atoms with Gasteiger partial charge in [0.25, 0.3) is 0 Å². The zero-order valence-corrected chi connectivity index (χ0v) is 12.5. The van der Waals surface area contributed by atoms with E-state index >= 15 is 0 Å². The number of carbonyl (C=O) groups is 1. The second kappa shape index (κ2) is 6.31. The highest BCUT2D eigenvalue weighted by molar-refractivity contribution is 6.31. The molecule has 0 atom stereocenters. The molecule has 1 saturated carbocycles. The first kappa shape index (κ1) is 14.1. The van der Waals surface area contributed by atoms with E-state index < -0.39 is 0 Å². The standard InChI is InChI=1S/C16H18ClN3O/c17-12-4-5-13-14(6-9-19-15(13)10-12)18-7-1-8-20-16(21)11-2-3-11/h4-6,9-11H,1-3,7-8H2,(H,18,19)(H,20,21). The molecule has 0 saturated heterocycles. The fourth-order valence-electron chi connectivity index (χ4n) is 2.29. The van der Waals surface area contributed by atoms with Crippen LogP contribution in [0.15, 0.2) is 30.5 Å². The molecule has 110 valence electrons. The second-order valence-corrected chi connectivity index (χ2v) is 5.80. The van der Waals surface area contributed by atoms with Gasteiger partial charge in [-0.1, -0.05) is 11.6 Å². The number of rotatable bonds is 6. The number of hydrogen-bond acceptors (Lipinski definition) is 3. The smallest absolute Gasteiger partial charge is 0.223 e. The molecule has 2 aromatic rings. The van der Waals surface area contributed by atoms with Crippen molar-refractivity contribution in [3.05, 3.63) is 35.5 Å². The highest BCUT2D eigenvalue weighted by atomic mass is 35.5. The molecule has 1 heterocycles. The summed E-state index contributed by atoms with van der Waals surface area (Å²) < 4.78 is 0. The molecule has 0 spiro atoms. The summed E-state index contributed by atoms with van der Waals surface area (Å²) in [6.07, 6.45) is 4.77. The molecule has 1 aromatic heterocycles. The summed E-state index contributed by atoms with van der Waals surface area (Å²) in [4.78, 5) is 15.8. The van der Waals surface area contributed by atoms with Crippen molar-refractivity contribution in [1.82, 2.24) is 10.3 Å². The van der Waals surface area contributed by atoms with Gasteiger partial charge in [0.15, 0.2) is 0 Å². The van der Waals surface area contributed by atoms with Crippen molar-refractivity contribution in [3.63, 3.8) is 0 Å². The third-order valence-corrected chi connectivity index (χ3v) is 3.86. The number of aromatic nitrogens is 1. The van der Waals surface area contributed by atoms with Crippen LogP contribution in [-0.4, -0.2) is 24.0 Å². The van der Waals surface area contributed by atoms with Crippen molar-refractivity contribution < 1.29 is 4.79 Å². The molecule has 21 heavy (non-hydrogen) atoms. The van der Waals surface area contributed by atoms with Gasteiger partial charge in [0, 0.05) is 41.3 Å². The van der Waals surface area contributed by atoms with Crippen LogP contribution in [0, 0.1) is 5.92 Å². The molecule has 0 bridgehead atoms. The van der Waals surface area contributed by atoms with E-state index in [-0.39, 0.29) is 11.8 Å². The van der Waals surface area contributed by atoms with Crippen molar-refractivity contribution in [1.29, 1.82) is 0 Å². The van der Waals surface area contributed by atoms with Crippen LogP contribution in [0.5, 0.6) is 0 Å². The van der Waals surface area contributed by atoms with Crippen molar-refractivity contribution in [3.8, 4) is 0 Å². The van der Waals surface area contributed by atoms with E-state index in [1.807, 2.05) is 24.3 Å². The number of nitrogens with one attached hydrogen (secondary N) is 2. The Hall–Kier alpha value is -1.81. The first-order valence-corrected chi connectivity index (χ1v) is 7.68. The number of carbonyl (C=O) groups excluding carboxylic acids is 1. The van der Waals surface area contributed by atoms with Crippen LogP contribution >= 0.6 is 11.6 Å². The third-order valence-electron chi connectivity index (χ3n) is 3.62. The van der Waals surface area contributed by atoms with Gasteiger partial charge in [-0.05, 0) is 43.5 Å². The van der Waals surface area contributed by atoms with E-state index in [2.05, 4.69) is 15.6 Å². The monoisotopic (exact) mass is 303 g/mol. The summed E-state index contributed by atoms with van der Waals surface area (Å²) in [6, 6.07) is 7.66. The van der Waals surface area contributed by atoms with Gasteiger partial charge in [0.1, 0.15) is 0 Å². The number of fused-ring (bicyclic) bond motifs is 1. The number of pyridine rings is 1. The van der Waals surface area contributed by atoms with Crippen LogP contribution in [-0.2, 0) is 4.79 Å². The molecule has 3 rings (SSSR count). The number of hydrogen-bond donors (Lipinski definition) is 2. The minimum atomic E-state index is 0.207. The lowest BCUT2D eigenvalue weighted by atomic mass is 10.2. The maximum absolute atomic E-state index is 11.5.